The number of carbonyl (C=O) groups is 1. The Balaban J connectivity index is 1.40. The van der Waals surface area contributed by atoms with E-state index in [0.29, 0.717) is 22.0 Å². The third-order valence-electron chi connectivity index (χ3n) is 4.34. The summed E-state index contributed by atoms with van der Waals surface area (Å²) < 4.78 is 32.7. The van der Waals surface area contributed by atoms with Gasteiger partial charge < -0.3 is 9.84 Å². The van der Waals surface area contributed by atoms with Crippen LogP contribution in [-0.4, -0.2) is 24.5 Å². The van der Waals surface area contributed by atoms with Gasteiger partial charge in [0.05, 0.1) is 16.3 Å². The van der Waals surface area contributed by atoms with Crippen molar-refractivity contribution in [3.05, 3.63) is 82.4 Å². The molecule has 31 heavy (non-hydrogen) atoms. The molecule has 158 valence electrons. The van der Waals surface area contributed by atoms with Crippen LogP contribution < -0.4 is 10.0 Å². The fourth-order valence-corrected chi connectivity index (χ4v) is 4.41. The molecule has 1 amide bonds. The van der Waals surface area contributed by atoms with E-state index in [1.807, 2.05) is 12.3 Å². The van der Waals surface area contributed by atoms with Crippen molar-refractivity contribution >= 4 is 33.0 Å². The van der Waals surface area contributed by atoms with E-state index < -0.39 is 10.0 Å². The van der Waals surface area contributed by atoms with Crippen LogP contribution in [0.5, 0.6) is 0 Å². The molecule has 0 saturated heterocycles. The number of aryl methyl sites for hydroxylation is 1. The summed E-state index contributed by atoms with van der Waals surface area (Å²) in [6, 6.07) is 16.8. The lowest BCUT2D eigenvalue weighted by atomic mass is 10.2. The van der Waals surface area contributed by atoms with Crippen molar-refractivity contribution in [2.75, 3.05) is 4.72 Å². The van der Waals surface area contributed by atoms with Gasteiger partial charge >= 0.3 is 0 Å². The second kappa shape index (κ2) is 8.70. The van der Waals surface area contributed by atoms with Crippen LogP contribution in [0.2, 0.25) is 0 Å². The number of hydrogen-bond acceptors (Lipinski definition) is 7. The maximum atomic E-state index is 12.5. The Morgan fingerprint density at radius 1 is 1.06 bits per heavy atom. The molecule has 0 aliphatic rings. The van der Waals surface area contributed by atoms with Crippen molar-refractivity contribution < 1.29 is 17.7 Å². The van der Waals surface area contributed by atoms with Crippen molar-refractivity contribution in [3.63, 3.8) is 0 Å². The zero-order chi connectivity index (χ0) is 21.8. The number of aromatic nitrogens is 2. The zero-order valence-electron chi connectivity index (χ0n) is 16.4. The molecule has 0 spiro atoms. The van der Waals surface area contributed by atoms with Crippen molar-refractivity contribution in [1.82, 2.24) is 15.5 Å². The summed E-state index contributed by atoms with van der Waals surface area (Å²) in [6.45, 7) is 2.00. The molecule has 2 aromatic heterocycles. The van der Waals surface area contributed by atoms with Crippen LogP contribution in [0, 0.1) is 6.92 Å². The van der Waals surface area contributed by atoms with Gasteiger partial charge in [0.1, 0.15) is 0 Å². The lowest BCUT2D eigenvalue weighted by Crippen LogP contribution is -2.21. The van der Waals surface area contributed by atoms with Crippen LogP contribution in [0.1, 0.15) is 21.1 Å². The van der Waals surface area contributed by atoms with E-state index in [9.17, 15) is 13.2 Å². The van der Waals surface area contributed by atoms with E-state index in [0.717, 1.165) is 5.56 Å². The minimum absolute atomic E-state index is 0.109. The van der Waals surface area contributed by atoms with E-state index in [-0.39, 0.29) is 23.2 Å². The van der Waals surface area contributed by atoms with Gasteiger partial charge in [-0.25, -0.2) is 8.42 Å². The third kappa shape index (κ3) is 4.98. The van der Waals surface area contributed by atoms with Gasteiger partial charge in [-0.15, -0.1) is 11.3 Å². The Morgan fingerprint density at radius 3 is 2.48 bits per heavy atom. The fourth-order valence-electron chi connectivity index (χ4n) is 2.71. The summed E-state index contributed by atoms with van der Waals surface area (Å²) in [5.74, 6) is 0.400. The molecule has 10 heteroatoms. The van der Waals surface area contributed by atoms with Crippen LogP contribution in [0.15, 0.2) is 75.5 Å². The van der Waals surface area contributed by atoms with Gasteiger partial charge in [-0.1, -0.05) is 28.9 Å². The highest BCUT2D eigenvalue weighted by molar-refractivity contribution is 7.92. The molecule has 4 rings (SSSR count). The molecule has 0 bridgehead atoms. The van der Waals surface area contributed by atoms with Gasteiger partial charge in [0.15, 0.2) is 0 Å². The van der Waals surface area contributed by atoms with Crippen molar-refractivity contribution in [2.45, 2.75) is 18.4 Å². The average molecular weight is 455 g/mol. The maximum Gasteiger partial charge on any atom is 0.261 e. The zero-order valence-corrected chi connectivity index (χ0v) is 18.0. The first kappa shape index (κ1) is 20.8. The second-order valence-electron chi connectivity index (χ2n) is 6.67. The Morgan fingerprint density at radius 2 is 1.81 bits per heavy atom. The predicted molar refractivity (Wildman–Crippen MR) is 117 cm³/mol. The van der Waals surface area contributed by atoms with Crippen LogP contribution in [0.25, 0.3) is 11.4 Å². The normalized spacial score (nSPS) is 11.3. The van der Waals surface area contributed by atoms with Crippen LogP contribution >= 0.6 is 11.3 Å². The lowest BCUT2D eigenvalue weighted by Gasteiger charge is -2.08. The monoisotopic (exact) mass is 454 g/mol. The number of nitrogens with one attached hydrogen (secondary N) is 2. The number of benzene rings is 2. The number of hydrogen-bond donors (Lipinski definition) is 2. The molecule has 2 N–H and O–H groups in total. The second-order valence-corrected chi connectivity index (χ2v) is 9.30. The van der Waals surface area contributed by atoms with Gasteiger partial charge in [0.2, 0.25) is 11.7 Å². The van der Waals surface area contributed by atoms with Gasteiger partial charge in [-0.05, 0) is 54.8 Å². The smallest absolute Gasteiger partial charge is 0.261 e. The first-order valence-electron chi connectivity index (χ1n) is 9.25. The largest absolute Gasteiger partial charge is 0.342 e. The number of amides is 1. The Kier molecular flexibility index (Phi) is 5.83. The topological polar surface area (TPSA) is 114 Å². The average Bonchev–Trinajstić information content (AvgIpc) is 3.45. The molecule has 0 unspecified atom stereocenters. The first-order chi connectivity index (χ1) is 14.9. The molecule has 8 nitrogen and oxygen atoms in total. The van der Waals surface area contributed by atoms with Crippen LogP contribution in [-0.2, 0) is 16.6 Å². The molecule has 0 radical (unpaired) electrons. The minimum Gasteiger partial charge on any atom is -0.342 e. The quantitative estimate of drug-likeness (QED) is 0.439. The van der Waals surface area contributed by atoms with Crippen LogP contribution in [0.4, 0.5) is 5.69 Å². The molecule has 0 aliphatic heterocycles. The van der Waals surface area contributed by atoms with Crippen molar-refractivity contribution in [1.29, 1.82) is 0 Å². The SMILES string of the molecule is Cc1ccc(S(=O)(=O)Nc2ccc(-c3noc(CNC(=O)c4cccs4)n3)cc2)cc1. The first-order valence-corrected chi connectivity index (χ1v) is 11.6. The summed E-state index contributed by atoms with van der Waals surface area (Å²) in [5.41, 5.74) is 2.04. The highest BCUT2D eigenvalue weighted by Crippen LogP contribution is 2.21. The summed E-state index contributed by atoms with van der Waals surface area (Å²) in [5, 5.41) is 8.46. The maximum absolute atomic E-state index is 12.5. The molecule has 0 saturated carbocycles. The number of anilines is 1. The predicted octanol–water partition coefficient (Wildman–Crippen LogP) is 3.84. The van der Waals surface area contributed by atoms with E-state index in [1.165, 1.54) is 11.3 Å². The third-order valence-corrected chi connectivity index (χ3v) is 6.61. The lowest BCUT2D eigenvalue weighted by molar-refractivity contribution is 0.0950. The number of rotatable bonds is 7. The molecule has 2 heterocycles. The van der Waals surface area contributed by atoms with Crippen molar-refractivity contribution in [2.24, 2.45) is 0 Å². The highest BCUT2D eigenvalue weighted by Gasteiger charge is 2.15. The molecule has 4 aromatic rings. The summed E-state index contributed by atoms with van der Waals surface area (Å²) in [4.78, 5) is 17.0. The van der Waals surface area contributed by atoms with Crippen LogP contribution in [0.3, 0.4) is 0 Å². The number of nitrogens with zero attached hydrogens (tertiary/aromatic N) is 2. The minimum atomic E-state index is -3.68. The Hall–Kier alpha value is -3.50. The molecule has 2 aromatic carbocycles. The number of carbonyl (C=O) groups excluding carboxylic acids is 1. The van der Waals surface area contributed by atoms with E-state index in [1.54, 1.807) is 60.7 Å². The van der Waals surface area contributed by atoms with Gasteiger partial charge in [-0.2, -0.15) is 4.98 Å². The molecular formula is C21H18N4O4S2. The number of sulfonamides is 1. The van der Waals surface area contributed by atoms with E-state index in [4.69, 9.17) is 4.52 Å². The fraction of sp³-hybridized carbons (Fsp3) is 0.0952. The molecular weight excluding hydrogens is 436 g/mol. The molecule has 0 atom stereocenters. The summed E-state index contributed by atoms with van der Waals surface area (Å²) >= 11 is 1.35. The van der Waals surface area contributed by atoms with Gasteiger partial charge in [0.25, 0.3) is 15.9 Å². The number of thiophene rings is 1. The van der Waals surface area contributed by atoms with Gasteiger partial charge in [0, 0.05) is 11.3 Å². The Bertz CT molecular complexity index is 1280. The molecule has 0 aliphatic carbocycles. The van der Waals surface area contributed by atoms with Gasteiger partial charge in [-0.3, -0.25) is 9.52 Å². The van der Waals surface area contributed by atoms with E-state index >= 15 is 0 Å². The Labute approximate surface area is 183 Å². The van der Waals surface area contributed by atoms with Crippen molar-refractivity contribution in [3.8, 4) is 11.4 Å². The molecule has 0 fully saturated rings. The summed E-state index contributed by atoms with van der Waals surface area (Å²) in [6.07, 6.45) is 0. The van der Waals surface area contributed by atoms with E-state index in [2.05, 4.69) is 20.2 Å². The summed E-state index contributed by atoms with van der Waals surface area (Å²) in [7, 11) is -3.68. The standard InChI is InChI=1S/C21H18N4O4S2/c1-14-4-10-17(11-5-14)31(27,28)25-16-8-6-15(7-9-16)20-23-19(29-24-20)13-22-21(26)18-3-2-12-30-18/h2-12,25H,13H2,1H3,(H,22,26). The highest BCUT2D eigenvalue weighted by atomic mass is 32.2.